The third kappa shape index (κ3) is 4.52. The van der Waals surface area contributed by atoms with Crippen molar-refractivity contribution in [2.45, 2.75) is 19.9 Å². The zero-order valence-electron chi connectivity index (χ0n) is 20.5. The summed E-state index contributed by atoms with van der Waals surface area (Å²) in [6, 6.07) is 21.5. The van der Waals surface area contributed by atoms with Crippen LogP contribution < -0.4 is 5.32 Å². The van der Waals surface area contributed by atoms with Gasteiger partial charge in [-0.3, -0.25) is 0 Å². The number of aromatic carboxylic acids is 1. The Labute approximate surface area is 218 Å². The first-order valence-corrected chi connectivity index (χ1v) is 11.7. The Morgan fingerprint density at radius 1 is 1.05 bits per heavy atom. The molecule has 0 aliphatic carbocycles. The molecule has 2 heterocycles. The van der Waals surface area contributed by atoms with Gasteiger partial charge in [0.2, 0.25) is 0 Å². The maximum atomic E-state index is 11.7. The molecule has 9 heteroatoms. The van der Waals surface area contributed by atoms with Crippen LogP contribution in [0.1, 0.15) is 45.7 Å². The number of hydrogen-bond acceptors (Lipinski definition) is 7. The van der Waals surface area contributed by atoms with Gasteiger partial charge in [-0.25, -0.2) is 19.4 Å². The van der Waals surface area contributed by atoms with Crippen molar-refractivity contribution in [2.75, 3.05) is 5.32 Å². The van der Waals surface area contributed by atoms with Crippen LogP contribution >= 0.6 is 0 Å². The molecule has 0 bridgehead atoms. The average molecular weight is 500 g/mol. The number of para-hydroxylation sites is 1. The van der Waals surface area contributed by atoms with Gasteiger partial charge in [0.05, 0.1) is 46.2 Å². The summed E-state index contributed by atoms with van der Waals surface area (Å²) >= 11 is 0. The highest BCUT2D eigenvalue weighted by molar-refractivity contribution is 5.94. The minimum atomic E-state index is -1.02. The molecular weight excluding hydrogens is 478 g/mol. The molecule has 5 rings (SSSR count). The van der Waals surface area contributed by atoms with E-state index in [2.05, 4.69) is 27.5 Å². The van der Waals surface area contributed by atoms with E-state index >= 15 is 0 Å². The van der Waals surface area contributed by atoms with E-state index in [-0.39, 0.29) is 17.3 Å². The second kappa shape index (κ2) is 9.84. The summed E-state index contributed by atoms with van der Waals surface area (Å²) in [5, 5.41) is 36.2. The highest BCUT2D eigenvalue weighted by atomic mass is 16.4. The van der Waals surface area contributed by atoms with E-state index in [1.807, 2.05) is 26.0 Å². The first kappa shape index (κ1) is 24.2. The molecule has 0 aliphatic rings. The van der Waals surface area contributed by atoms with Crippen molar-refractivity contribution >= 4 is 22.7 Å². The summed E-state index contributed by atoms with van der Waals surface area (Å²) in [6.07, 6.45) is 3.38. The highest BCUT2D eigenvalue weighted by Gasteiger charge is 2.19. The normalized spacial score (nSPS) is 11.5. The van der Waals surface area contributed by atoms with Crippen LogP contribution in [-0.2, 0) is 0 Å². The molecule has 5 aromatic rings. The molecule has 0 saturated carbocycles. The first-order valence-electron chi connectivity index (χ1n) is 11.7. The molecule has 38 heavy (non-hydrogen) atoms. The lowest BCUT2D eigenvalue weighted by Crippen LogP contribution is -2.12. The molecule has 0 amide bonds. The number of rotatable bonds is 6. The lowest BCUT2D eigenvalue weighted by Gasteiger charge is -2.19. The first-order chi connectivity index (χ1) is 18.4. The van der Waals surface area contributed by atoms with Gasteiger partial charge in [0.25, 0.3) is 0 Å². The number of carboxylic acids is 1. The van der Waals surface area contributed by atoms with E-state index in [0.717, 1.165) is 16.8 Å². The van der Waals surface area contributed by atoms with E-state index in [1.165, 1.54) is 0 Å². The van der Waals surface area contributed by atoms with E-state index in [4.69, 9.17) is 10.2 Å². The molecular formula is C29H21N7O2. The van der Waals surface area contributed by atoms with Crippen LogP contribution in [0.4, 0.5) is 5.69 Å². The number of anilines is 1. The highest BCUT2D eigenvalue weighted by Crippen LogP contribution is 2.31. The number of fused-ring (bicyclic) bond motifs is 1. The summed E-state index contributed by atoms with van der Waals surface area (Å²) in [6.45, 7) is 3.86. The van der Waals surface area contributed by atoms with Crippen LogP contribution in [-0.4, -0.2) is 30.8 Å². The number of aryl methyl sites for hydroxylation is 1. The van der Waals surface area contributed by atoms with Gasteiger partial charge in [0.15, 0.2) is 5.69 Å². The molecule has 0 aliphatic heterocycles. The quantitative estimate of drug-likeness (QED) is 0.316. The third-order valence-electron chi connectivity index (χ3n) is 6.16. The fraction of sp³-hybridized carbons (Fsp3) is 0.103. The van der Waals surface area contributed by atoms with Gasteiger partial charge in [-0.15, -0.1) is 0 Å². The fourth-order valence-corrected chi connectivity index (χ4v) is 4.32. The van der Waals surface area contributed by atoms with Crippen molar-refractivity contribution in [1.82, 2.24) is 19.7 Å². The van der Waals surface area contributed by atoms with Crippen LogP contribution in [0.3, 0.4) is 0 Å². The molecule has 0 saturated heterocycles. The van der Waals surface area contributed by atoms with Crippen LogP contribution in [0.2, 0.25) is 0 Å². The Morgan fingerprint density at radius 2 is 1.82 bits per heavy atom. The van der Waals surface area contributed by atoms with Crippen molar-refractivity contribution in [3.8, 4) is 29.1 Å². The van der Waals surface area contributed by atoms with Crippen LogP contribution in [0.15, 0.2) is 73.1 Å². The Kier molecular flexibility index (Phi) is 6.26. The third-order valence-corrected chi connectivity index (χ3v) is 6.16. The van der Waals surface area contributed by atoms with Gasteiger partial charge in [0, 0.05) is 23.0 Å². The second-order valence-corrected chi connectivity index (χ2v) is 8.80. The maximum Gasteiger partial charge on any atom is 0.337 e. The predicted octanol–water partition coefficient (Wildman–Crippen LogP) is 5.41. The van der Waals surface area contributed by atoms with E-state index in [9.17, 15) is 15.2 Å². The zero-order chi connectivity index (χ0) is 26.8. The number of nitrogens with zero attached hydrogens (tertiary/aromatic N) is 6. The molecule has 0 unspecified atom stereocenters. The second-order valence-electron chi connectivity index (χ2n) is 8.80. The van der Waals surface area contributed by atoms with E-state index < -0.39 is 5.97 Å². The molecule has 3 aromatic carbocycles. The number of carbonyl (C=O) groups is 1. The van der Waals surface area contributed by atoms with E-state index in [0.29, 0.717) is 33.5 Å². The Bertz CT molecular complexity index is 1780. The smallest absolute Gasteiger partial charge is 0.337 e. The Balaban J connectivity index is 1.59. The van der Waals surface area contributed by atoms with Crippen molar-refractivity contribution in [1.29, 1.82) is 10.5 Å². The Hall–Kier alpha value is -5.54. The zero-order valence-corrected chi connectivity index (χ0v) is 20.5. The SMILES string of the molecule is Cc1cc([C@@H](C)Nc2ccccc2C(=O)O)c2nc(-c3cnn(-c4ccc(C#N)cc4)c3)c(C#N)nc2c1. The number of nitrogens with one attached hydrogen (secondary N) is 1. The summed E-state index contributed by atoms with van der Waals surface area (Å²) in [7, 11) is 0. The molecule has 1 atom stereocenters. The van der Waals surface area contributed by atoms with Gasteiger partial charge in [-0.1, -0.05) is 18.2 Å². The number of aromatic nitrogens is 4. The molecule has 0 radical (unpaired) electrons. The number of hydrogen-bond donors (Lipinski definition) is 2. The summed E-state index contributed by atoms with van der Waals surface area (Å²) < 4.78 is 1.65. The van der Waals surface area contributed by atoms with Crippen LogP contribution in [0.5, 0.6) is 0 Å². The fourth-order valence-electron chi connectivity index (χ4n) is 4.32. The minimum Gasteiger partial charge on any atom is -0.478 e. The Morgan fingerprint density at radius 3 is 2.53 bits per heavy atom. The predicted molar refractivity (Wildman–Crippen MR) is 142 cm³/mol. The molecule has 9 nitrogen and oxygen atoms in total. The van der Waals surface area contributed by atoms with Gasteiger partial charge in [-0.2, -0.15) is 15.6 Å². The summed E-state index contributed by atoms with van der Waals surface area (Å²) in [4.78, 5) is 21.2. The standard InChI is InChI=1S/C29H21N7O2/c1-17-11-23(18(2)33-24-6-4-3-5-22(24)29(37)38)28-25(12-17)34-26(14-31)27(35-28)20-15-32-36(16-20)21-9-7-19(13-30)8-10-21/h3-12,15-16,18,33H,1-2H3,(H,37,38)/t18-/m1/s1. The minimum absolute atomic E-state index is 0.171. The molecule has 0 fully saturated rings. The lowest BCUT2D eigenvalue weighted by molar-refractivity contribution is 0.0698. The van der Waals surface area contributed by atoms with Crippen molar-refractivity contribution in [3.05, 3.63) is 101 Å². The van der Waals surface area contributed by atoms with Gasteiger partial charge in [-0.05, 0) is 61.9 Å². The van der Waals surface area contributed by atoms with Gasteiger partial charge < -0.3 is 10.4 Å². The lowest BCUT2D eigenvalue weighted by atomic mass is 10.0. The number of nitriles is 2. The molecule has 2 aromatic heterocycles. The van der Waals surface area contributed by atoms with Crippen LogP contribution in [0, 0.1) is 29.6 Å². The van der Waals surface area contributed by atoms with Gasteiger partial charge in [0.1, 0.15) is 11.8 Å². The maximum absolute atomic E-state index is 11.7. The molecule has 0 spiro atoms. The molecule has 184 valence electrons. The van der Waals surface area contributed by atoms with Gasteiger partial charge >= 0.3 is 5.97 Å². The molecule has 2 N–H and O–H groups in total. The monoisotopic (exact) mass is 499 g/mol. The van der Waals surface area contributed by atoms with Crippen molar-refractivity contribution < 1.29 is 9.90 Å². The average Bonchev–Trinajstić information content (AvgIpc) is 3.42. The van der Waals surface area contributed by atoms with Crippen molar-refractivity contribution in [3.63, 3.8) is 0 Å². The van der Waals surface area contributed by atoms with E-state index in [1.54, 1.807) is 65.6 Å². The topological polar surface area (TPSA) is 141 Å². The number of benzene rings is 3. The largest absolute Gasteiger partial charge is 0.478 e. The number of carboxylic acid groups (broad SMARTS) is 1. The summed E-state index contributed by atoms with van der Waals surface area (Å²) in [5.41, 5.74) is 6.07. The van der Waals surface area contributed by atoms with Crippen molar-refractivity contribution in [2.24, 2.45) is 0 Å². The summed E-state index contributed by atoms with van der Waals surface area (Å²) in [5.74, 6) is -1.02. The van der Waals surface area contributed by atoms with Crippen LogP contribution in [0.25, 0.3) is 28.0 Å².